The third-order valence-corrected chi connectivity index (χ3v) is 7.07. The van der Waals surface area contributed by atoms with Crippen molar-refractivity contribution in [3.8, 4) is 0 Å². The van der Waals surface area contributed by atoms with E-state index in [1.165, 1.54) is 5.56 Å². The average molecular weight is 454 g/mol. The molecule has 0 saturated heterocycles. The fourth-order valence-electron chi connectivity index (χ4n) is 5.36. The molecule has 0 bridgehead atoms. The SMILES string of the molecule is CCN1/C(=C/C2=C(O)C(=O)C(CC3=[N+](CC)c4ccccc4CC3)C2=O)C=Cc2ccccc21. The number of carbonyl (C=O) groups is 2. The van der Waals surface area contributed by atoms with Crippen molar-refractivity contribution in [1.82, 2.24) is 0 Å². The fourth-order valence-corrected chi connectivity index (χ4v) is 5.36. The molecule has 172 valence electrons. The lowest BCUT2D eigenvalue weighted by atomic mass is 9.90. The van der Waals surface area contributed by atoms with E-state index in [1.54, 1.807) is 6.08 Å². The molecule has 3 aliphatic rings. The van der Waals surface area contributed by atoms with Crippen molar-refractivity contribution >= 4 is 34.7 Å². The van der Waals surface area contributed by atoms with Gasteiger partial charge in [-0.1, -0.05) is 42.5 Å². The Labute approximate surface area is 200 Å². The second kappa shape index (κ2) is 8.90. The maximum absolute atomic E-state index is 13.4. The molecule has 0 saturated carbocycles. The lowest BCUT2D eigenvalue weighted by molar-refractivity contribution is -0.441. The van der Waals surface area contributed by atoms with E-state index in [-0.39, 0.29) is 11.4 Å². The van der Waals surface area contributed by atoms with Gasteiger partial charge in [0.2, 0.25) is 11.5 Å². The number of benzene rings is 2. The topological polar surface area (TPSA) is 60.6 Å². The van der Waals surface area contributed by atoms with Crippen LogP contribution in [0, 0.1) is 5.92 Å². The molecule has 0 fully saturated rings. The van der Waals surface area contributed by atoms with Gasteiger partial charge in [-0.2, -0.15) is 4.58 Å². The molecule has 5 heteroatoms. The summed E-state index contributed by atoms with van der Waals surface area (Å²) in [4.78, 5) is 28.5. The molecular weight excluding hydrogens is 424 g/mol. The number of ketones is 2. The van der Waals surface area contributed by atoms with E-state index >= 15 is 0 Å². The molecule has 0 spiro atoms. The number of fused-ring (bicyclic) bond motifs is 2. The number of aliphatic hydroxyl groups is 1. The van der Waals surface area contributed by atoms with Crippen molar-refractivity contribution in [1.29, 1.82) is 0 Å². The van der Waals surface area contributed by atoms with Crippen molar-refractivity contribution in [3.63, 3.8) is 0 Å². The molecule has 2 aromatic rings. The number of aliphatic hydroxyl groups excluding tert-OH is 1. The number of hydrogen-bond acceptors (Lipinski definition) is 4. The van der Waals surface area contributed by atoms with E-state index in [9.17, 15) is 14.7 Å². The predicted octanol–water partition coefficient (Wildman–Crippen LogP) is 5.15. The van der Waals surface area contributed by atoms with Crippen LogP contribution in [0.4, 0.5) is 11.4 Å². The highest BCUT2D eigenvalue weighted by Gasteiger charge is 2.43. The Hall–Kier alpha value is -3.73. The molecule has 0 amide bonds. The molecule has 34 heavy (non-hydrogen) atoms. The Morgan fingerprint density at radius 1 is 1.00 bits per heavy atom. The standard InChI is InChI=1S/C29H28N2O3/c1-3-30-21(15-13-19-9-5-7-11-25(19)30)17-23-27(32)24(29(34)28(23)33)18-22-16-14-20-10-6-8-12-26(20)31(22)4-2/h5-13,15,17,24H,3-4,14,16,18H2,1-2H3/p+1/b21-17+. The molecule has 1 N–H and O–H groups in total. The number of rotatable bonds is 5. The van der Waals surface area contributed by atoms with E-state index in [1.807, 2.05) is 55.5 Å². The van der Waals surface area contributed by atoms with Gasteiger partial charge >= 0.3 is 0 Å². The van der Waals surface area contributed by atoms with Gasteiger partial charge in [0.1, 0.15) is 6.54 Å². The van der Waals surface area contributed by atoms with Crippen molar-refractivity contribution in [3.05, 3.63) is 88.8 Å². The van der Waals surface area contributed by atoms with Crippen LogP contribution in [-0.4, -0.2) is 40.0 Å². The Bertz CT molecular complexity index is 1310. The molecule has 0 aromatic heterocycles. The lowest BCUT2D eigenvalue weighted by Gasteiger charge is -2.29. The lowest BCUT2D eigenvalue weighted by Crippen LogP contribution is -2.29. The van der Waals surface area contributed by atoms with E-state index in [0.29, 0.717) is 13.0 Å². The van der Waals surface area contributed by atoms with Crippen molar-refractivity contribution in [2.45, 2.75) is 33.1 Å². The largest absolute Gasteiger partial charge is 0.504 e. The maximum Gasteiger partial charge on any atom is 0.209 e. The maximum atomic E-state index is 13.4. The van der Waals surface area contributed by atoms with Crippen LogP contribution in [0.5, 0.6) is 0 Å². The molecule has 5 nitrogen and oxygen atoms in total. The molecule has 2 aliphatic heterocycles. The molecule has 5 rings (SSSR count). The minimum Gasteiger partial charge on any atom is -0.504 e. The number of nitrogens with zero attached hydrogens (tertiary/aromatic N) is 2. The summed E-state index contributed by atoms with van der Waals surface area (Å²) < 4.78 is 2.21. The van der Waals surface area contributed by atoms with Crippen LogP contribution in [0.2, 0.25) is 0 Å². The van der Waals surface area contributed by atoms with Crippen LogP contribution in [0.3, 0.4) is 0 Å². The van der Waals surface area contributed by atoms with Crippen LogP contribution < -0.4 is 4.90 Å². The smallest absolute Gasteiger partial charge is 0.209 e. The van der Waals surface area contributed by atoms with E-state index < -0.39 is 17.5 Å². The van der Waals surface area contributed by atoms with Crippen molar-refractivity contribution in [2.24, 2.45) is 5.92 Å². The number of hydrogen-bond donors (Lipinski definition) is 1. The van der Waals surface area contributed by atoms with Crippen LogP contribution >= 0.6 is 0 Å². The third kappa shape index (κ3) is 3.61. The first-order valence-corrected chi connectivity index (χ1v) is 12.0. The minimum absolute atomic E-state index is 0.118. The monoisotopic (exact) mass is 453 g/mol. The first-order chi connectivity index (χ1) is 16.5. The van der Waals surface area contributed by atoms with Gasteiger partial charge < -0.3 is 10.0 Å². The van der Waals surface area contributed by atoms with Crippen LogP contribution in [0.25, 0.3) is 6.08 Å². The third-order valence-electron chi connectivity index (χ3n) is 7.07. The van der Waals surface area contributed by atoms with Crippen LogP contribution in [0.1, 0.15) is 37.8 Å². The number of anilines is 1. The quantitative estimate of drug-likeness (QED) is 0.503. The number of likely N-dealkylation sites (N-methyl/N-ethyl adjacent to an activating group) is 1. The normalized spacial score (nSPS) is 20.9. The molecule has 1 atom stereocenters. The van der Waals surface area contributed by atoms with Gasteiger partial charge in [0.15, 0.2) is 17.3 Å². The van der Waals surface area contributed by atoms with Gasteiger partial charge in [-0.15, -0.1) is 0 Å². The molecule has 2 aromatic carbocycles. The van der Waals surface area contributed by atoms with Gasteiger partial charge in [-0.25, -0.2) is 0 Å². The van der Waals surface area contributed by atoms with Crippen molar-refractivity contribution in [2.75, 3.05) is 18.0 Å². The number of Topliss-reactive ketones (excluding diaryl/α,β-unsaturated/α-hetero) is 2. The van der Waals surface area contributed by atoms with Gasteiger partial charge in [-0.3, -0.25) is 9.59 Å². The summed E-state index contributed by atoms with van der Waals surface area (Å²) in [6, 6.07) is 16.3. The van der Waals surface area contributed by atoms with Crippen LogP contribution in [0.15, 0.2) is 77.7 Å². The van der Waals surface area contributed by atoms with Gasteiger partial charge in [-0.05, 0) is 44.1 Å². The molecular formula is C29H29N2O3+. The second-order valence-electron chi connectivity index (χ2n) is 8.89. The van der Waals surface area contributed by atoms with Gasteiger partial charge in [0.05, 0.1) is 11.5 Å². The number of allylic oxidation sites excluding steroid dienone is 4. The zero-order valence-corrected chi connectivity index (χ0v) is 19.6. The number of aryl methyl sites for hydroxylation is 1. The zero-order chi connectivity index (χ0) is 23.8. The summed E-state index contributed by atoms with van der Waals surface area (Å²) in [7, 11) is 0. The summed E-state index contributed by atoms with van der Waals surface area (Å²) in [6.07, 6.45) is 7.64. The molecule has 0 radical (unpaired) electrons. The number of para-hydroxylation sites is 2. The first-order valence-electron chi connectivity index (χ1n) is 12.0. The highest BCUT2D eigenvalue weighted by molar-refractivity contribution is 6.25. The predicted molar refractivity (Wildman–Crippen MR) is 135 cm³/mol. The minimum atomic E-state index is -0.865. The molecule has 1 aliphatic carbocycles. The summed E-state index contributed by atoms with van der Waals surface area (Å²) >= 11 is 0. The molecule has 1 unspecified atom stereocenters. The van der Waals surface area contributed by atoms with E-state index in [4.69, 9.17) is 0 Å². The Morgan fingerprint density at radius 2 is 1.76 bits per heavy atom. The van der Waals surface area contributed by atoms with Gasteiger partial charge in [0, 0.05) is 42.4 Å². The second-order valence-corrected chi connectivity index (χ2v) is 8.89. The summed E-state index contributed by atoms with van der Waals surface area (Å²) in [5, 5.41) is 10.7. The Kier molecular flexibility index (Phi) is 5.78. The number of carbonyl (C=O) groups excluding carboxylic acids is 2. The summed E-state index contributed by atoms with van der Waals surface area (Å²) in [5.41, 5.74) is 6.56. The first kappa shape index (κ1) is 22.1. The van der Waals surface area contributed by atoms with Crippen LogP contribution in [-0.2, 0) is 16.0 Å². The summed E-state index contributed by atoms with van der Waals surface area (Å²) in [5.74, 6) is -2.04. The fraction of sp³-hybridized carbons (Fsp3) is 0.276. The Balaban J connectivity index is 1.45. The highest BCUT2D eigenvalue weighted by atomic mass is 16.3. The zero-order valence-electron chi connectivity index (χ0n) is 19.6. The van der Waals surface area contributed by atoms with Crippen molar-refractivity contribution < 1.29 is 19.3 Å². The Morgan fingerprint density at radius 3 is 2.56 bits per heavy atom. The average Bonchev–Trinajstić information content (AvgIpc) is 3.06. The van der Waals surface area contributed by atoms with Gasteiger partial charge in [0.25, 0.3) is 0 Å². The van der Waals surface area contributed by atoms with E-state index in [2.05, 4.69) is 28.5 Å². The molecule has 2 heterocycles. The van der Waals surface area contributed by atoms with E-state index in [0.717, 1.165) is 47.7 Å². The highest BCUT2D eigenvalue weighted by Crippen LogP contribution is 2.35. The summed E-state index contributed by atoms with van der Waals surface area (Å²) in [6.45, 7) is 5.60.